The average molecular weight is 257 g/mol. The number of nitrogen functional groups attached to an aromatic ring is 1. The van der Waals surface area contributed by atoms with Gasteiger partial charge in [0, 0.05) is 12.6 Å². The summed E-state index contributed by atoms with van der Waals surface area (Å²) in [6.45, 7) is 2.48. The Morgan fingerprint density at radius 1 is 1.32 bits per heavy atom. The van der Waals surface area contributed by atoms with Crippen molar-refractivity contribution < 1.29 is 9.53 Å². The predicted molar refractivity (Wildman–Crippen MR) is 72.2 cm³/mol. The lowest BCUT2D eigenvalue weighted by molar-refractivity contribution is 0.112. The summed E-state index contributed by atoms with van der Waals surface area (Å²) in [5, 5.41) is 0. The van der Waals surface area contributed by atoms with Crippen LogP contribution in [0, 0.1) is 6.92 Å². The molecule has 0 amide bonds. The zero-order chi connectivity index (χ0) is 13.7. The Hall–Kier alpha value is -2.43. The van der Waals surface area contributed by atoms with E-state index in [1.54, 1.807) is 0 Å². The second kappa shape index (κ2) is 5.95. The molecule has 0 bridgehead atoms. The topological polar surface area (TPSA) is 78.1 Å². The van der Waals surface area contributed by atoms with E-state index in [1.165, 1.54) is 11.8 Å². The van der Waals surface area contributed by atoms with Gasteiger partial charge in [0.2, 0.25) is 0 Å². The summed E-state index contributed by atoms with van der Waals surface area (Å²) in [7, 11) is 0. The Morgan fingerprint density at radius 3 is 2.68 bits per heavy atom. The zero-order valence-corrected chi connectivity index (χ0v) is 10.7. The molecule has 0 fully saturated rings. The minimum absolute atomic E-state index is 0.204. The highest BCUT2D eigenvalue weighted by atomic mass is 16.5. The molecular weight excluding hydrogens is 242 g/mol. The molecule has 19 heavy (non-hydrogen) atoms. The van der Waals surface area contributed by atoms with E-state index in [9.17, 15) is 4.79 Å². The number of benzene rings is 1. The number of carbonyl (C=O) groups excluding carboxylic acids is 1. The minimum Gasteiger partial charge on any atom is -0.493 e. The number of aryl methyl sites for hydroxylation is 1. The first-order valence-electron chi connectivity index (χ1n) is 5.95. The Kier molecular flexibility index (Phi) is 4.07. The Bertz CT molecular complexity index is 567. The minimum atomic E-state index is 0.204. The highest BCUT2D eigenvalue weighted by molar-refractivity contribution is 5.80. The number of nitrogens with zero attached hydrogens (tertiary/aromatic N) is 2. The van der Waals surface area contributed by atoms with Crippen LogP contribution in [0.1, 0.15) is 21.7 Å². The lowest BCUT2D eigenvalue weighted by atomic mass is 10.2. The number of hydrogen-bond acceptors (Lipinski definition) is 5. The lowest BCUT2D eigenvalue weighted by Crippen LogP contribution is -2.08. The SMILES string of the molecule is Cc1ccc(OCCc2ncc(C=O)c(N)n2)cc1. The van der Waals surface area contributed by atoms with E-state index in [0.29, 0.717) is 30.7 Å². The summed E-state index contributed by atoms with van der Waals surface area (Å²) in [6.07, 6.45) is 2.61. The van der Waals surface area contributed by atoms with Crippen molar-refractivity contribution in [2.45, 2.75) is 13.3 Å². The molecule has 0 spiro atoms. The number of rotatable bonds is 5. The van der Waals surface area contributed by atoms with Gasteiger partial charge in [-0.3, -0.25) is 4.79 Å². The van der Waals surface area contributed by atoms with Crippen molar-refractivity contribution in [1.29, 1.82) is 0 Å². The number of aldehydes is 1. The highest BCUT2D eigenvalue weighted by Gasteiger charge is 2.03. The van der Waals surface area contributed by atoms with E-state index in [1.807, 2.05) is 31.2 Å². The fourth-order valence-electron chi connectivity index (χ4n) is 1.55. The summed E-state index contributed by atoms with van der Waals surface area (Å²) in [4.78, 5) is 18.7. The van der Waals surface area contributed by atoms with Gasteiger partial charge in [0.25, 0.3) is 0 Å². The quantitative estimate of drug-likeness (QED) is 0.826. The number of aromatic nitrogens is 2. The van der Waals surface area contributed by atoms with Gasteiger partial charge in [-0.15, -0.1) is 0 Å². The summed E-state index contributed by atoms with van der Waals surface area (Å²) in [6, 6.07) is 7.81. The molecule has 2 aromatic rings. The number of carbonyl (C=O) groups is 1. The van der Waals surface area contributed by atoms with Crippen molar-refractivity contribution >= 4 is 12.1 Å². The summed E-state index contributed by atoms with van der Waals surface area (Å²) >= 11 is 0. The van der Waals surface area contributed by atoms with Crippen LogP contribution in [0.5, 0.6) is 5.75 Å². The molecule has 1 heterocycles. The molecule has 1 aromatic carbocycles. The molecule has 0 aliphatic rings. The fraction of sp³-hybridized carbons (Fsp3) is 0.214. The van der Waals surface area contributed by atoms with Crippen molar-refractivity contribution in [3.63, 3.8) is 0 Å². The largest absolute Gasteiger partial charge is 0.493 e. The van der Waals surface area contributed by atoms with Crippen molar-refractivity contribution in [2.75, 3.05) is 12.3 Å². The standard InChI is InChI=1S/C14H15N3O2/c1-10-2-4-12(5-3-10)19-7-6-13-16-8-11(9-18)14(15)17-13/h2-5,8-9H,6-7H2,1H3,(H2,15,16,17). The first-order valence-corrected chi connectivity index (χ1v) is 5.95. The molecule has 0 atom stereocenters. The Balaban J connectivity index is 1.90. The van der Waals surface area contributed by atoms with E-state index in [2.05, 4.69) is 9.97 Å². The third kappa shape index (κ3) is 3.51. The van der Waals surface area contributed by atoms with Crippen LogP contribution in [0.2, 0.25) is 0 Å². The predicted octanol–water partition coefficient (Wildman–Crippen LogP) is 1.80. The Labute approximate surface area is 111 Å². The molecule has 5 heteroatoms. The van der Waals surface area contributed by atoms with Gasteiger partial charge in [0.05, 0.1) is 12.2 Å². The van der Waals surface area contributed by atoms with E-state index in [4.69, 9.17) is 10.5 Å². The van der Waals surface area contributed by atoms with E-state index >= 15 is 0 Å². The first kappa shape index (κ1) is 13.0. The maximum absolute atomic E-state index is 10.6. The van der Waals surface area contributed by atoms with Gasteiger partial charge in [0.15, 0.2) is 6.29 Å². The molecule has 0 aliphatic carbocycles. The van der Waals surface area contributed by atoms with Crippen molar-refractivity contribution in [3.8, 4) is 5.75 Å². The van der Waals surface area contributed by atoms with E-state index < -0.39 is 0 Å². The normalized spacial score (nSPS) is 10.2. The lowest BCUT2D eigenvalue weighted by Gasteiger charge is -2.06. The van der Waals surface area contributed by atoms with Gasteiger partial charge in [-0.05, 0) is 19.1 Å². The van der Waals surface area contributed by atoms with Crippen LogP contribution in [0.4, 0.5) is 5.82 Å². The average Bonchev–Trinajstić information content (AvgIpc) is 2.41. The van der Waals surface area contributed by atoms with Crippen molar-refractivity contribution in [2.24, 2.45) is 0 Å². The summed E-state index contributed by atoms with van der Waals surface area (Å²) in [5.74, 6) is 1.58. The van der Waals surface area contributed by atoms with Gasteiger partial charge < -0.3 is 10.5 Å². The number of nitrogens with two attached hydrogens (primary N) is 1. The molecular formula is C14H15N3O2. The highest BCUT2D eigenvalue weighted by Crippen LogP contribution is 2.12. The van der Waals surface area contributed by atoms with Crippen molar-refractivity contribution in [3.05, 3.63) is 47.4 Å². The molecule has 0 saturated heterocycles. The smallest absolute Gasteiger partial charge is 0.155 e. The van der Waals surface area contributed by atoms with Crippen LogP contribution in [0.25, 0.3) is 0 Å². The maximum atomic E-state index is 10.6. The molecule has 0 saturated carbocycles. The molecule has 2 rings (SSSR count). The molecule has 5 nitrogen and oxygen atoms in total. The molecule has 2 N–H and O–H groups in total. The third-order valence-corrected chi connectivity index (χ3v) is 2.64. The summed E-state index contributed by atoms with van der Waals surface area (Å²) < 4.78 is 5.57. The summed E-state index contributed by atoms with van der Waals surface area (Å²) in [5.41, 5.74) is 7.10. The van der Waals surface area contributed by atoms with Gasteiger partial charge in [-0.1, -0.05) is 17.7 Å². The second-order valence-corrected chi connectivity index (χ2v) is 4.16. The van der Waals surface area contributed by atoms with Gasteiger partial charge in [-0.25, -0.2) is 9.97 Å². The van der Waals surface area contributed by atoms with Gasteiger partial charge in [0.1, 0.15) is 17.4 Å². The monoisotopic (exact) mass is 257 g/mol. The van der Waals surface area contributed by atoms with Crippen LogP contribution in [-0.2, 0) is 6.42 Å². The van der Waals surface area contributed by atoms with Crippen LogP contribution in [-0.4, -0.2) is 22.9 Å². The number of ether oxygens (including phenoxy) is 1. The van der Waals surface area contributed by atoms with Crippen LogP contribution in [0.3, 0.4) is 0 Å². The fourth-order valence-corrected chi connectivity index (χ4v) is 1.55. The van der Waals surface area contributed by atoms with Gasteiger partial charge in [-0.2, -0.15) is 0 Å². The molecule has 0 unspecified atom stereocenters. The molecule has 98 valence electrons. The van der Waals surface area contributed by atoms with E-state index in [0.717, 1.165) is 5.75 Å². The molecule has 1 aromatic heterocycles. The van der Waals surface area contributed by atoms with E-state index in [-0.39, 0.29) is 5.82 Å². The van der Waals surface area contributed by atoms with Crippen LogP contribution < -0.4 is 10.5 Å². The first-order chi connectivity index (χ1) is 9.19. The molecule has 0 aliphatic heterocycles. The van der Waals surface area contributed by atoms with Crippen LogP contribution in [0.15, 0.2) is 30.5 Å². The number of anilines is 1. The molecule has 0 radical (unpaired) electrons. The second-order valence-electron chi connectivity index (χ2n) is 4.16. The number of hydrogen-bond donors (Lipinski definition) is 1. The van der Waals surface area contributed by atoms with Gasteiger partial charge >= 0.3 is 0 Å². The zero-order valence-electron chi connectivity index (χ0n) is 10.7. The third-order valence-electron chi connectivity index (χ3n) is 2.64. The Morgan fingerprint density at radius 2 is 2.05 bits per heavy atom. The maximum Gasteiger partial charge on any atom is 0.155 e. The van der Waals surface area contributed by atoms with Crippen LogP contribution >= 0.6 is 0 Å². The van der Waals surface area contributed by atoms with Crippen molar-refractivity contribution in [1.82, 2.24) is 9.97 Å².